The molecule has 0 radical (unpaired) electrons. The van der Waals surface area contributed by atoms with Crippen LogP contribution in [0.1, 0.15) is 6.42 Å². The molecule has 0 bridgehead atoms. The summed E-state index contributed by atoms with van der Waals surface area (Å²) < 4.78 is 13.3. The van der Waals surface area contributed by atoms with E-state index in [0.717, 1.165) is 11.8 Å². The number of benzene rings is 2. The molecule has 26 heavy (non-hydrogen) atoms. The number of rotatable bonds is 3. The Labute approximate surface area is 159 Å². The molecule has 1 saturated heterocycles. The lowest BCUT2D eigenvalue weighted by Gasteiger charge is -2.28. The third-order valence-electron chi connectivity index (χ3n) is 3.69. The van der Waals surface area contributed by atoms with Gasteiger partial charge in [0.05, 0.1) is 5.69 Å². The minimum absolute atomic E-state index is 0.0513. The zero-order valence-corrected chi connectivity index (χ0v) is 15.4. The van der Waals surface area contributed by atoms with E-state index >= 15 is 0 Å². The van der Waals surface area contributed by atoms with Gasteiger partial charge in [-0.1, -0.05) is 35.5 Å². The number of hydrogen-bond acceptors (Lipinski definition) is 4. The fourth-order valence-electron chi connectivity index (χ4n) is 2.34. The Bertz CT molecular complexity index is 890. The van der Waals surface area contributed by atoms with E-state index in [2.05, 4.69) is 10.3 Å². The quantitative estimate of drug-likeness (QED) is 0.857. The summed E-state index contributed by atoms with van der Waals surface area (Å²) in [5, 5.41) is 2.97. The van der Waals surface area contributed by atoms with Crippen LogP contribution in [0.15, 0.2) is 53.5 Å². The van der Waals surface area contributed by atoms with Crippen molar-refractivity contribution in [3.05, 3.63) is 59.4 Å². The summed E-state index contributed by atoms with van der Waals surface area (Å²) >= 11 is 7.08. The molecule has 1 N–H and O–H groups in total. The van der Waals surface area contributed by atoms with Crippen LogP contribution in [0.4, 0.5) is 15.8 Å². The van der Waals surface area contributed by atoms with E-state index in [0.29, 0.717) is 21.6 Å². The zero-order valence-electron chi connectivity index (χ0n) is 13.8. The van der Waals surface area contributed by atoms with Crippen molar-refractivity contribution in [1.29, 1.82) is 0 Å². The Morgan fingerprint density at radius 2 is 2.08 bits per heavy atom. The summed E-state index contributed by atoms with van der Waals surface area (Å²) in [7, 11) is 1.58. The first-order valence-electron chi connectivity index (χ1n) is 7.76. The van der Waals surface area contributed by atoms with Crippen LogP contribution in [0.5, 0.6) is 0 Å². The Hall–Kier alpha value is -2.38. The normalized spacial score (nSPS) is 18.9. The van der Waals surface area contributed by atoms with Crippen LogP contribution in [-0.4, -0.2) is 34.2 Å². The van der Waals surface area contributed by atoms with E-state index in [-0.39, 0.29) is 18.2 Å². The molecule has 1 unspecified atom stereocenters. The van der Waals surface area contributed by atoms with Crippen LogP contribution < -0.4 is 5.32 Å². The van der Waals surface area contributed by atoms with Crippen molar-refractivity contribution < 1.29 is 14.0 Å². The highest BCUT2D eigenvalue weighted by atomic mass is 35.5. The van der Waals surface area contributed by atoms with E-state index in [9.17, 15) is 14.0 Å². The second kappa shape index (κ2) is 7.88. The maximum atomic E-state index is 13.3. The SMILES string of the molecule is CN1C(=O)CC(C(=O)Nc2cccc(Cl)c2)SC1=Nc1cccc(F)c1. The Morgan fingerprint density at radius 3 is 2.81 bits per heavy atom. The van der Waals surface area contributed by atoms with Gasteiger partial charge >= 0.3 is 0 Å². The maximum absolute atomic E-state index is 13.3. The molecule has 0 aromatic heterocycles. The van der Waals surface area contributed by atoms with Crippen LogP contribution >= 0.6 is 23.4 Å². The highest BCUT2D eigenvalue weighted by molar-refractivity contribution is 8.15. The fourth-order valence-corrected chi connectivity index (χ4v) is 3.60. The molecule has 1 aliphatic heterocycles. The highest BCUT2D eigenvalue weighted by Gasteiger charge is 2.34. The highest BCUT2D eigenvalue weighted by Crippen LogP contribution is 2.29. The number of amides is 2. The Morgan fingerprint density at radius 1 is 1.31 bits per heavy atom. The van der Waals surface area contributed by atoms with Gasteiger partial charge in [0.15, 0.2) is 5.17 Å². The molecule has 1 aliphatic rings. The summed E-state index contributed by atoms with van der Waals surface area (Å²) in [6.45, 7) is 0. The maximum Gasteiger partial charge on any atom is 0.238 e. The van der Waals surface area contributed by atoms with E-state index in [1.165, 1.54) is 23.1 Å². The van der Waals surface area contributed by atoms with Crippen LogP contribution in [0, 0.1) is 5.82 Å². The van der Waals surface area contributed by atoms with Gasteiger partial charge in [0.25, 0.3) is 0 Å². The summed E-state index contributed by atoms with van der Waals surface area (Å²) in [6, 6.07) is 12.5. The number of carbonyl (C=O) groups is 2. The van der Waals surface area contributed by atoms with Gasteiger partial charge in [0.2, 0.25) is 11.8 Å². The molecule has 1 atom stereocenters. The summed E-state index contributed by atoms with van der Waals surface area (Å²) in [6.07, 6.45) is 0.0513. The Kier molecular flexibility index (Phi) is 5.58. The van der Waals surface area contributed by atoms with Gasteiger partial charge in [-0.2, -0.15) is 0 Å². The van der Waals surface area contributed by atoms with E-state index in [4.69, 9.17) is 11.6 Å². The lowest BCUT2D eigenvalue weighted by molar-refractivity contribution is -0.128. The van der Waals surface area contributed by atoms with E-state index in [1.807, 2.05) is 0 Å². The van der Waals surface area contributed by atoms with Crippen molar-refractivity contribution in [1.82, 2.24) is 4.90 Å². The molecule has 134 valence electrons. The van der Waals surface area contributed by atoms with E-state index in [1.54, 1.807) is 37.4 Å². The topological polar surface area (TPSA) is 61.8 Å². The largest absolute Gasteiger partial charge is 0.325 e. The minimum atomic E-state index is -0.634. The van der Waals surface area contributed by atoms with Crippen molar-refractivity contribution in [3.8, 4) is 0 Å². The molecule has 2 aromatic carbocycles. The number of carbonyl (C=O) groups excluding carboxylic acids is 2. The standard InChI is InChI=1S/C18H15ClFN3O2S/c1-23-16(24)10-15(17(25)21-13-6-2-4-11(19)8-13)26-18(23)22-14-7-3-5-12(20)9-14/h2-9,15H,10H2,1H3,(H,21,25). The molecule has 1 fully saturated rings. The fraction of sp³-hybridized carbons (Fsp3) is 0.167. The third kappa shape index (κ3) is 4.42. The predicted molar refractivity (Wildman–Crippen MR) is 102 cm³/mol. The van der Waals surface area contributed by atoms with Crippen molar-refractivity contribution in [2.75, 3.05) is 12.4 Å². The number of aliphatic imine (C=N–C) groups is 1. The van der Waals surface area contributed by atoms with Crippen molar-refractivity contribution in [3.63, 3.8) is 0 Å². The molecule has 8 heteroatoms. The molecule has 0 aliphatic carbocycles. The molecule has 5 nitrogen and oxygen atoms in total. The van der Waals surface area contributed by atoms with Crippen LogP contribution in [0.3, 0.4) is 0 Å². The first-order chi connectivity index (χ1) is 12.4. The van der Waals surface area contributed by atoms with Crippen molar-refractivity contribution >= 4 is 51.7 Å². The number of amidine groups is 1. The number of nitrogens with zero attached hydrogens (tertiary/aromatic N) is 2. The second-order valence-corrected chi connectivity index (χ2v) is 7.24. The number of halogens is 2. The molecule has 3 rings (SSSR count). The average Bonchev–Trinajstić information content (AvgIpc) is 2.59. The smallest absolute Gasteiger partial charge is 0.238 e. The number of thioether (sulfide) groups is 1. The first kappa shape index (κ1) is 18.4. The number of nitrogens with one attached hydrogen (secondary N) is 1. The van der Waals surface area contributed by atoms with Gasteiger partial charge in [-0.25, -0.2) is 9.38 Å². The predicted octanol–water partition coefficient (Wildman–Crippen LogP) is 4.07. The third-order valence-corrected chi connectivity index (χ3v) is 5.16. The van der Waals surface area contributed by atoms with Crippen molar-refractivity contribution in [2.24, 2.45) is 4.99 Å². The number of hydrogen-bond donors (Lipinski definition) is 1. The summed E-state index contributed by atoms with van der Waals surface area (Å²) in [5.74, 6) is -0.965. The molecule has 0 saturated carbocycles. The summed E-state index contributed by atoms with van der Waals surface area (Å²) in [5.41, 5.74) is 0.932. The lowest BCUT2D eigenvalue weighted by Crippen LogP contribution is -2.43. The van der Waals surface area contributed by atoms with E-state index < -0.39 is 11.1 Å². The van der Waals surface area contributed by atoms with Gasteiger partial charge in [0, 0.05) is 24.2 Å². The molecular weight excluding hydrogens is 377 g/mol. The minimum Gasteiger partial charge on any atom is -0.325 e. The van der Waals surface area contributed by atoms with Gasteiger partial charge in [-0.05, 0) is 36.4 Å². The van der Waals surface area contributed by atoms with Gasteiger partial charge in [-0.15, -0.1) is 0 Å². The molecule has 1 heterocycles. The van der Waals surface area contributed by atoms with Gasteiger partial charge < -0.3 is 5.32 Å². The molecule has 2 amide bonds. The molecule has 0 spiro atoms. The first-order valence-corrected chi connectivity index (χ1v) is 9.02. The van der Waals surface area contributed by atoms with Crippen molar-refractivity contribution in [2.45, 2.75) is 11.7 Å². The molecular formula is C18H15ClFN3O2S. The lowest BCUT2D eigenvalue weighted by atomic mass is 10.2. The summed E-state index contributed by atoms with van der Waals surface area (Å²) in [4.78, 5) is 30.4. The van der Waals surface area contributed by atoms with Gasteiger partial charge in [0.1, 0.15) is 11.1 Å². The average molecular weight is 392 g/mol. The van der Waals surface area contributed by atoms with Gasteiger partial charge in [-0.3, -0.25) is 14.5 Å². The monoisotopic (exact) mass is 391 g/mol. The van der Waals surface area contributed by atoms with Crippen LogP contribution in [-0.2, 0) is 9.59 Å². The Balaban J connectivity index is 1.79. The van der Waals surface area contributed by atoms with Crippen LogP contribution in [0.25, 0.3) is 0 Å². The second-order valence-electron chi connectivity index (χ2n) is 5.64. The molecule has 2 aromatic rings. The van der Waals surface area contributed by atoms with Crippen LogP contribution in [0.2, 0.25) is 5.02 Å². The zero-order chi connectivity index (χ0) is 18.7. The number of anilines is 1.